The molecular formula is C11H23NO2. The fourth-order valence-electron chi connectivity index (χ4n) is 1.18. The van der Waals surface area contributed by atoms with Crippen LogP contribution in [0, 0.1) is 5.92 Å². The molecule has 0 heterocycles. The summed E-state index contributed by atoms with van der Waals surface area (Å²) in [5.74, 6) is 0.658. The van der Waals surface area contributed by atoms with E-state index in [1.807, 2.05) is 6.92 Å². The second-order valence-electron chi connectivity index (χ2n) is 3.84. The summed E-state index contributed by atoms with van der Waals surface area (Å²) in [5, 5.41) is 3.23. The second-order valence-corrected chi connectivity index (χ2v) is 3.84. The van der Waals surface area contributed by atoms with Crippen LogP contribution >= 0.6 is 0 Å². The number of esters is 1. The van der Waals surface area contributed by atoms with Crippen molar-refractivity contribution in [2.45, 2.75) is 40.0 Å². The highest BCUT2D eigenvalue weighted by Crippen LogP contribution is 2.01. The Morgan fingerprint density at radius 3 is 2.64 bits per heavy atom. The topological polar surface area (TPSA) is 38.3 Å². The first-order valence-electron chi connectivity index (χ1n) is 5.53. The summed E-state index contributed by atoms with van der Waals surface area (Å²) in [6.45, 7) is 8.48. The lowest BCUT2D eigenvalue weighted by atomic mass is 10.1. The number of rotatable bonds is 8. The molecule has 84 valence electrons. The van der Waals surface area contributed by atoms with Crippen molar-refractivity contribution >= 4 is 5.97 Å². The lowest BCUT2D eigenvalue weighted by molar-refractivity contribution is -0.142. The number of carbonyl (C=O) groups excluding carboxylic acids is 1. The molecule has 0 saturated heterocycles. The molecule has 0 bridgehead atoms. The molecule has 0 amide bonds. The Labute approximate surface area is 87.2 Å². The Hall–Kier alpha value is -0.570. The van der Waals surface area contributed by atoms with Gasteiger partial charge in [0.25, 0.3) is 0 Å². The van der Waals surface area contributed by atoms with Crippen molar-refractivity contribution in [1.29, 1.82) is 0 Å². The normalized spacial score (nSPS) is 10.6. The summed E-state index contributed by atoms with van der Waals surface area (Å²) in [7, 11) is 0. The van der Waals surface area contributed by atoms with E-state index in [-0.39, 0.29) is 5.97 Å². The lowest BCUT2D eigenvalue weighted by Crippen LogP contribution is -2.20. The van der Waals surface area contributed by atoms with Crippen LogP contribution in [0.4, 0.5) is 0 Å². The summed E-state index contributed by atoms with van der Waals surface area (Å²) in [6, 6.07) is 0. The number of nitrogens with one attached hydrogen (secondary N) is 1. The van der Waals surface area contributed by atoms with Gasteiger partial charge < -0.3 is 10.1 Å². The zero-order valence-corrected chi connectivity index (χ0v) is 9.64. The first-order chi connectivity index (χ1) is 6.66. The fraction of sp³-hybridized carbons (Fsp3) is 0.909. The number of hydrogen-bond acceptors (Lipinski definition) is 3. The van der Waals surface area contributed by atoms with Crippen LogP contribution in [0.2, 0.25) is 0 Å². The maximum Gasteiger partial charge on any atom is 0.307 e. The highest BCUT2D eigenvalue weighted by Gasteiger charge is 1.99. The number of hydrogen-bond donors (Lipinski definition) is 1. The highest BCUT2D eigenvalue weighted by molar-refractivity contribution is 5.69. The van der Waals surface area contributed by atoms with Crippen molar-refractivity contribution in [1.82, 2.24) is 5.32 Å². The van der Waals surface area contributed by atoms with Crippen molar-refractivity contribution < 1.29 is 9.53 Å². The van der Waals surface area contributed by atoms with Gasteiger partial charge in [0.05, 0.1) is 13.0 Å². The van der Waals surface area contributed by atoms with Gasteiger partial charge in [0.2, 0.25) is 0 Å². The molecule has 0 unspecified atom stereocenters. The molecule has 0 aliphatic rings. The van der Waals surface area contributed by atoms with Gasteiger partial charge in [-0.3, -0.25) is 4.79 Å². The average Bonchev–Trinajstić information content (AvgIpc) is 2.11. The van der Waals surface area contributed by atoms with Crippen molar-refractivity contribution in [2.75, 3.05) is 19.7 Å². The number of carbonyl (C=O) groups is 1. The summed E-state index contributed by atoms with van der Waals surface area (Å²) in [5.41, 5.74) is 0. The van der Waals surface area contributed by atoms with Crippen LogP contribution in [0.15, 0.2) is 0 Å². The minimum atomic E-state index is -0.108. The van der Waals surface area contributed by atoms with Gasteiger partial charge in [0.15, 0.2) is 0 Å². The van der Waals surface area contributed by atoms with Crippen molar-refractivity contribution in [3.8, 4) is 0 Å². The van der Waals surface area contributed by atoms with Gasteiger partial charge >= 0.3 is 5.97 Å². The molecule has 0 aliphatic heterocycles. The molecule has 0 spiro atoms. The van der Waals surface area contributed by atoms with E-state index in [2.05, 4.69) is 19.2 Å². The van der Waals surface area contributed by atoms with Crippen molar-refractivity contribution in [3.63, 3.8) is 0 Å². The van der Waals surface area contributed by atoms with Gasteiger partial charge in [0.1, 0.15) is 0 Å². The third kappa shape index (κ3) is 9.52. The molecule has 3 heteroatoms. The minimum Gasteiger partial charge on any atom is -0.466 e. The molecule has 0 fully saturated rings. The summed E-state index contributed by atoms with van der Waals surface area (Å²) < 4.78 is 4.81. The van der Waals surface area contributed by atoms with E-state index in [1.54, 1.807) is 0 Å². The van der Waals surface area contributed by atoms with E-state index in [0.29, 0.717) is 13.0 Å². The first-order valence-corrected chi connectivity index (χ1v) is 5.53. The Morgan fingerprint density at radius 2 is 2.07 bits per heavy atom. The molecule has 1 N–H and O–H groups in total. The molecule has 0 saturated carbocycles. The SMILES string of the molecule is CCOC(=O)CCNCCCC(C)C. The van der Waals surface area contributed by atoms with Gasteiger partial charge in [0, 0.05) is 6.54 Å². The third-order valence-corrected chi connectivity index (χ3v) is 1.95. The van der Waals surface area contributed by atoms with Gasteiger partial charge in [-0.1, -0.05) is 13.8 Å². The summed E-state index contributed by atoms with van der Waals surface area (Å²) >= 11 is 0. The molecule has 0 atom stereocenters. The highest BCUT2D eigenvalue weighted by atomic mass is 16.5. The van der Waals surface area contributed by atoms with E-state index >= 15 is 0 Å². The zero-order valence-electron chi connectivity index (χ0n) is 9.64. The van der Waals surface area contributed by atoms with E-state index in [1.165, 1.54) is 12.8 Å². The van der Waals surface area contributed by atoms with Crippen LogP contribution in [-0.2, 0) is 9.53 Å². The quantitative estimate of drug-likeness (QED) is 0.482. The Bertz CT molecular complexity index is 146. The van der Waals surface area contributed by atoms with E-state index in [0.717, 1.165) is 19.0 Å². The van der Waals surface area contributed by atoms with E-state index in [9.17, 15) is 4.79 Å². The van der Waals surface area contributed by atoms with Crippen molar-refractivity contribution in [3.05, 3.63) is 0 Å². The molecule has 0 aromatic carbocycles. The van der Waals surface area contributed by atoms with E-state index in [4.69, 9.17) is 4.74 Å². The van der Waals surface area contributed by atoms with Gasteiger partial charge in [-0.25, -0.2) is 0 Å². The maximum absolute atomic E-state index is 10.9. The van der Waals surface area contributed by atoms with Crippen LogP contribution in [0.25, 0.3) is 0 Å². The van der Waals surface area contributed by atoms with Crippen LogP contribution < -0.4 is 5.32 Å². The average molecular weight is 201 g/mol. The van der Waals surface area contributed by atoms with Gasteiger partial charge in [-0.05, 0) is 32.2 Å². The molecule has 0 aliphatic carbocycles. The van der Waals surface area contributed by atoms with Crippen LogP contribution in [0.3, 0.4) is 0 Å². The molecule has 14 heavy (non-hydrogen) atoms. The van der Waals surface area contributed by atoms with Crippen LogP contribution in [0.5, 0.6) is 0 Å². The predicted molar refractivity (Wildman–Crippen MR) is 58.2 cm³/mol. The summed E-state index contributed by atoms with van der Waals surface area (Å²) in [6.07, 6.45) is 2.91. The molecule has 0 aromatic heterocycles. The predicted octanol–water partition coefficient (Wildman–Crippen LogP) is 1.97. The van der Waals surface area contributed by atoms with Crippen molar-refractivity contribution in [2.24, 2.45) is 5.92 Å². The fourth-order valence-corrected chi connectivity index (χ4v) is 1.18. The molecule has 0 radical (unpaired) electrons. The lowest BCUT2D eigenvalue weighted by Gasteiger charge is -2.06. The standard InChI is InChI=1S/C11H23NO2/c1-4-14-11(13)7-9-12-8-5-6-10(2)3/h10,12H,4-9H2,1-3H3. The Morgan fingerprint density at radius 1 is 1.36 bits per heavy atom. The smallest absolute Gasteiger partial charge is 0.307 e. The van der Waals surface area contributed by atoms with Crippen LogP contribution in [-0.4, -0.2) is 25.7 Å². The molecule has 3 nitrogen and oxygen atoms in total. The monoisotopic (exact) mass is 201 g/mol. The molecular weight excluding hydrogens is 178 g/mol. The van der Waals surface area contributed by atoms with Gasteiger partial charge in [-0.15, -0.1) is 0 Å². The van der Waals surface area contributed by atoms with Gasteiger partial charge in [-0.2, -0.15) is 0 Å². The molecule has 0 aromatic rings. The maximum atomic E-state index is 10.9. The number of ether oxygens (including phenoxy) is 1. The second kappa shape index (κ2) is 9.00. The minimum absolute atomic E-state index is 0.108. The summed E-state index contributed by atoms with van der Waals surface area (Å²) in [4.78, 5) is 10.9. The first kappa shape index (κ1) is 13.4. The third-order valence-electron chi connectivity index (χ3n) is 1.95. The zero-order chi connectivity index (χ0) is 10.8. The Kier molecular flexibility index (Phi) is 8.64. The van der Waals surface area contributed by atoms with Crippen LogP contribution in [0.1, 0.15) is 40.0 Å². The largest absolute Gasteiger partial charge is 0.466 e. The van der Waals surface area contributed by atoms with E-state index < -0.39 is 0 Å². The Balaban J connectivity index is 3.09. The molecule has 0 rings (SSSR count).